The molecule has 3 heterocycles. The molecular formula is C28H35ClN6O4. The number of rotatable bonds is 8. The van der Waals surface area contributed by atoms with Gasteiger partial charge in [0.25, 0.3) is 5.91 Å². The number of imide groups is 1. The Balaban J connectivity index is 1.56. The number of urea groups is 1. The van der Waals surface area contributed by atoms with Crippen molar-refractivity contribution in [1.29, 1.82) is 0 Å². The summed E-state index contributed by atoms with van der Waals surface area (Å²) in [5.74, 6) is -1.22. The van der Waals surface area contributed by atoms with E-state index in [4.69, 9.17) is 11.6 Å². The molecule has 1 saturated heterocycles. The predicted octanol–water partition coefficient (Wildman–Crippen LogP) is 3.75. The number of carbonyl (C=O) groups excluding carboxylic acids is 4. The number of amides is 5. The first-order valence-electron chi connectivity index (χ1n) is 13.4. The van der Waals surface area contributed by atoms with Crippen LogP contribution in [-0.2, 0) is 20.8 Å². The maximum Gasteiger partial charge on any atom is 0.325 e. The van der Waals surface area contributed by atoms with Gasteiger partial charge >= 0.3 is 6.03 Å². The van der Waals surface area contributed by atoms with Gasteiger partial charge in [-0.2, -0.15) is 0 Å². The Morgan fingerprint density at radius 2 is 1.92 bits per heavy atom. The number of likely N-dealkylation sites (N-methyl/N-ethyl adjacent to an activating group) is 1. The maximum atomic E-state index is 13.7. The monoisotopic (exact) mass is 554 g/mol. The number of nitrogens with one attached hydrogen (secondary N) is 2. The summed E-state index contributed by atoms with van der Waals surface area (Å²) in [6.07, 6.45) is 9.34. The zero-order chi connectivity index (χ0) is 28.1. The van der Waals surface area contributed by atoms with Crippen LogP contribution in [0, 0.1) is 11.8 Å². The van der Waals surface area contributed by atoms with Crippen LogP contribution in [0.25, 0.3) is 0 Å². The summed E-state index contributed by atoms with van der Waals surface area (Å²) in [4.78, 5) is 62.8. The molecule has 1 aliphatic heterocycles. The summed E-state index contributed by atoms with van der Waals surface area (Å²) in [6.45, 7) is 3.38. The summed E-state index contributed by atoms with van der Waals surface area (Å²) >= 11 is 6.41. The summed E-state index contributed by atoms with van der Waals surface area (Å²) in [7, 11) is 1.62. The van der Waals surface area contributed by atoms with Gasteiger partial charge < -0.3 is 15.5 Å². The molecule has 39 heavy (non-hydrogen) atoms. The first-order chi connectivity index (χ1) is 18.7. The number of β-lactam (4-membered cyclic amide) rings is 1. The largest absolute Gasteiger partial charge is 0.335 e. The van der Waals surface area contributed by atoms with E-state index in [9.17, 15) is 19.2 Å². The molecule has 2 aliphatic rings. The molecule has 2 N–H and O–H groups in total. The minimum atomic E-state index is -0.988. The van der Waals surface area contributed by atoms with Gasteiger partial charge in [0, 0.05) is 49.7 Å². The van der Waals surface area contributed by atoms with Crippen molar-refractivity contribution in [3.05, 3.63) is 48.4 Å². The second-order valence-corrected chi connectivity index (χ2v) is 10.9. The number of anilines is 2. The molecule has 0 spiro atoms. The van der Waals surface area contributed by atoms with Crippen molar-refractivity contribution in [1.82, 2.24) is 20.2 Å². The standard InChI is InChI=1S/C28H35ClN6O4/c1-4-23(19-6-5-7-20(29)16-19)33-28(39)35-25(27(38)34(3)21-9-11-30-12-10-21)22(26(35)37)14-18-8-13-31-24(15-18)32-17(2)36/h8-13,15,19-20,22-23,25H,4-7,14,16H2,1-3H3,(H,33,39)(H,31,32,36)/t19?,20?,22-,23+,25-/m0/s1. The molecule has 208 valence electrons. The highest BCUT2D eigenvalue weighted by Crippen LogP contribution is 2.35. The lowest BCUT2D eigenvalue weighted by atomic mass is 9.81. The second kappa shape index (κ2) is 12.5. The molecule has 0 radical (unpaired) electrons. The van der Waals surface area contributed by atoms with Crippen LogP contribution in [0.4, 0.5) is 16.3 Å². The van der Waals surface area contributed by atoms with Crippen LogP contribution in [0.5, 0.6) is 0 Å². The van der Waals surface area contributed by atoms with Crippen molar-refractivity contribution < 1.29 is 19.2 Å². The molecule has 1 aliphatic carbocycles. The van der Waals surface area contributed by atoms with Gasteiger partial charge in [-0.3, -0.25) is 24.3 Å². The highest BCUT2D eigenvalue weighted by atomic mass is 35.5. The zero-order valence-electron chi connectivity index (χ0n) is 22.5. The topological polar surface area (TPSA) is 125 Å². The van der Waals surface area contributed by atoms with E-state index in [-0.39, 0.29) is 35.6 Å². The number of likely N-dealkylation sites (tertiary alicyclic amines) is 1. The van der Waals surface area contributed by atoms with Gasteiger partial charge in [0.1, 0.15) is 11.9 Å². The van der Waals surface area contributed by atoms with Gasteiger partial charge in [-0.25, -0.2) is 9.78 Å². The van der Waals surface area contributed by atoms with Crippen molar-refractivity contribution in [3.63, 3.8) is 0 Å². The highest BCUT2D eigenvalue weighted by Gasteiger charge is 2.55. The van der Waals surface area contributed by atoms with Crippen LogP contribution >= 0.6 is 11.6 Å². The number of nitrogens with zero attached hydrogens (tertiary/aromatic N) is 4. The van der Waals surface area contributed by atoms with Gasteiger partial charge in [-0.1, -0.05) is 13.3 Å². The third kappa shape index (κ3) is 6.55. The van der Waals surface area contributed by atoms with Gasteiger partial charge in [-0.15, -0.1) is 11.6 Å². The van der Waals surface area contributed by atoms with Crippen LogP contribution in [-0.4, -0.2) is 63.1 Å². The molecule has 1 saturated carbocycles. The first-order valence-corrected chi connectivity index (χ1v) is 13.8. The summed E-state index contributed by atoms with van der Waals surface area (Å²) in [5.41, 5.74) is 1.32. The molecule has 0 bridgehead atoms. The Morgan fingerprint density at radius 3 is 2.59 bits per heavy atom. The van der Waals surface area contributed by atoms with E-state index in [0.29, 0.717) is 17.9 Å². The average Bonchev–Trinajstić information content (AvgIpc) is 2.92. The number of aromatic nitrogens is 2. The molecule has 5 atom stereocenters. The number of carbonyl (C=O) groups is 4. The van der Waals surface area contributed by atoms with Crippen LogP contribution in [0.1, 0.15) is 51.5 Å². The minimum absolute atomic E-state index is 0.0795. The van der Waals surface area contributed by atoms with E-state index in [1.807, 2.05) is 6.92 Å². The van der Waals surface area contributed by atoms with Crippen molar-refractivity contribution in [3.8, 4) is 0 Å². The Kier molecular flexibility index (Phi) is 9.16. The van der Waals surface area contributed by atoms with Crippen LogP contribution in [0.2, 0.25) is 0 Å². The van der Waals surface area contributed by atoms with Gasteiger partial charge in [-0.05, 0) is 67.9 Å². The van der Waals surface area contributed by atoms with Crippen molar-refractivity contribution in [2.75, 3.05) is 17.3 Å². The van der Waals surface area contributed by atoms with Crippen LogP contribution < -0.4 is 15.5 Å². The van der Waals surface area contributed by atoms with E-state index in [2.05, 4.69) is 20.6 Å². The second-order valence-electron chi connectivity index (χ2n) is 10.3. The predicted molar refractivity (Wildman–Crippen MR) is 148 cm³/mol. The fourth-order valence-corrected chi connectivity index (χ4v) is 5.95. The highest BCUT2D eigenvalue weighted by molar-refractivity contribution is 6.20. The molecule has 2 aromatic heterocycles. The Bertz CT molecular complexity index is 1210. The fraction of sp³-hybridized carbons (Fsp3) is 0.500. The lowest BCUT2D eigenvalue weighted by molar-refractivity contribution is -0.156. The molecular weight excluding hydrogens is 520 g/mol. The van der Waals surface area contributed by atoms with Crippen molar-refractivity contribution in [2.45, 2.75) is 69.8 Å². The summed E-state index contributed by atoms with van der Waals surface area (Å²) < 4.78 is 0. The molecule has 4 rings (SSSR count). The molecule has 10 nitrogen and oxygen atoms in total. The minimum Gasteiger partial charge on any atom is -0.335 e. The van der Waals surface area contributed by atoms with E-state index in [1.165, 1.54) is 18.0 Å². The molecule has 0 aromatic carbocycles. The van der Waals surface area contributed by atoms with Gasteiger partial charge in [0.2, 0.25) is 11.8 Å². The molecule has 5 amide bonds. The van der Waals surface area contributed by atoms with Gasteiger partial charge in [0.05, 0.1) is 5.92 Å². The molecule has 2 unspecified atom stereocenters. The Hall–Kier alpha value is -3.53. The summed E-state index contributed by atoms with van der Waals surface area (Å²) in [6, 6.07) is 5.10. The number of hydrogen-bond donors (Lipinski definition) is 2. The van der Waals surface area contributed by atoms with Crippen molar-refractivity contribution >= 4 is 46.9 Å². The number of halogens is 1. The third-order valence-corrected chi connectivity index (χ3v) is 8.02. The molecule has 11 heteroatoms. The molecule has 2 fully saturated rings. The number of alkyl halides is 1. The lowest BCUT2D eigenvalue weighted by Gasteiger charge is -2.46. The quantitative estimate of drug-likeness (QED) is 0.378. The Labute approximate surface area is 233 Å². The lowest BCUT2D eigenvalue weighted by Crippen LogP contribution is -2.71. The number of hydrogen-bond acceptors (Lipinski definition) is 6. The normalized spacial score (nSPS) is 23.4. The van der Waals surface area contributed by atoms with E-state index < -0.39 is 23.9 Å². The van der Waals surface area contributed by atoms with Crippen LogP contribution in [0.15, 0.2) is 42.9 Å². The average molecular weight is 555 g/mol. The SMILES string of the molecule is CC[C@@H](NC(=O)N1C(=O)[C@@H](Cc2ccnc(NC(C)=O)c2)[C@H]1C(=O)N(C)c1ccncc1)C1CCCC(Cl)C1. The van der Waals surface area contributed by atoms with E-state index in [1.54, 1.807) is 43.7 Å². The third-order valence-electron chi connectivity index (χ3n) is 7.62. The van der Waals surface area contributed by atoms with Gasteiger partial charge in [0.15, 0.2) is 0 Å². The van der Waals surface area contributed by atoms with Crippen molar-refractivity contribution in [2.24, 2.45) is 11.8 Å². The van der Waals surface area contributed by atoms with E-state index >= 15 is 0 Å². The summed E-state index contributed by atoms with van der Waals surface area (Å²) in [5, 5.41) is 5.75. The van der Waals surface area contributed by atoms with Crippen LogP contribution in [0.3, 0.4) is 0 Å². The smallest absolute Gasteiger partial charge is 0.325 e. The zero-order valence-corrected chi connectivity index (χ0v) is 23.2. The number of pyridine rings is 2. The fourth-order valence-electron chi connectivity index (χ4n) is 5.57. The Morgan fingerprint density at radius 1 is 1.18 bits per heavy atom. The van der Waals surface area contributed by atoms with E-state index in [0.717, 1.165) is 36.1 Å². The maximum absolute atomic E-state index is 13.7. The molecule has 2 aromatic rings. The first kappa shape index (κ1) is 28.5.